The minimum atomic E-state index is -1.82. The Labute approximate surface area is 201 Å². The van der Waals surface area contributed by atoms with Crippen molar-refractivity contribution in [2.45, 2.75) is 32.4 Å². The molecule has 0 unspecified atom stereocenters. The molecule has 34 heavy (non-hydrogen) atoms. The van der Waals surface area contributed by atoms with Crippen molar-refractivity contribution in [3.63, 3.8) is 0 Å². The Balaban J connectivity index is 0.000000481. The molecule has 0 radical (unpaired) electrons. The Morgan fingerprint density at radius 2 is 1.44 bits per heavy atom. The molecule has 2 fully saturated rings. The molecular formula is C26H35N3O5. The Hall–Kier alpha value is -3.10. The molecule has 0 bridgehead atoms. The van der Waals surface area contributed by atoms with E-state index in [1.54, 1.807) is 0 Å². The van der Waals surface area contributed by atoms with E-state index in [-0.39, 0.29) is 0 Å². The number of carbonyl (C=O) groups is 2. The summed E-state index contributed by atoms with van der Waals surface area (Å²) in [5.74, 6) is -2.68. The average molecular weight is 470 g/mol. The monoisotopic (exact) mass is 469 g/mol. The maximum Gasteiger partial charge on any atom is 0.414 e. The molecule has 0 atom stereocenters. The van der Waals surface area contributed by atoms with Crippen LogP contribution < -0.4 is 9.64 Å². The van der Waals surface area contributed by atoms with Crippen molar-refractivity contribution in [3.8, 4) is 5.75 Å². The Morgan fingerprint density at radius 3 is 1.97 bits per heavy atom. The lowest BCUT2D eigenvalue weighted by molar-refractivity contribution is -0.159. The zero-order valence-corrected chi connectivity index (χ0v) is 19.8. The van der Waals surface area contributed by atoms with Gasteiger partial charge in [-0.3, -0.25) is 9.80 Å². The summed E-state index contributed by atoms with van der Waals surface area (Å²) in [4.78, 5) is 26.1. The quantitative estimate of drug-likeness (QED) is 0.624. The molecule has 2 N–H and O–H groups in total. The number of piperazine rings is 1. The highest BCUT2D eigenvalue weighted by atomic mass is 16.5. The van der Waals surface area contributed by atoms with Crippen LogP contribution in [0.5, 0.6) is 5.75 Å². The molecule has 0 aromatic heterocycles. The molecule has 8 nitrogen and oxygen atoms in total. The molecule has 4 rings (SSSR count). The van der Waals surface area contributed by atoms with Gasteiger partial charge in [0.1, 0.15) is 5.75 Å². The van der Waals surface area contributed by atoms with Gasteiger partial charge in [0.15, 0.2) is 0 Å². The molecule has 2 aliphatic heterocycles. The maximum atomic E-state index is 9.10. The molecule has 2 aliphatic rings. The van der Waals surface area contributed by atoms with E-state index in [4.69, 9.17) is 24.5 Å². The Kier molecular flexibility index (Phi) is 9.73. The SMILES string of the molecule is CCOc1ccc(CN2CCC(N3CCN(c4ccccc4)CC3)CC2)cc1.O=C(O)C(=O)O. The summed E-state index contributed by atoms with van der Waals surface area (Å²) in [5.41, 5.74) is 2.76. The summed E-state index contributed by atoms with van der Waals surface area (Å²) in [6.07, 6.45) is 2.59. The van der Waals surface area contributed by atoms with Crippen molar-refractivity contribution in [2.24, 2.45) is 0 Å². The number of hydrogen-bond acceptors (Lipinski definition) is 6. The fourth-order valence-electron chi connectivity index (χ4n) is 4.54. The van der Waals surface area contributed by atoms with Crippen LogP contribution in [0, 0.1) is 0 Å². The van der Waals surface area contributed by atoms with Gasteiger partial charge in [-0.05, 0) is 62.7 Å². The molecule has 2 saturated heterocycles. The average Bonchev–Trinajstić information content (AvgIpc) is 2.87. The third-order valence-electron chi connectivity index (χ3n) is 6.33. The van der Waals surface area contributed by atoms with E-state index in [1.165, 1.54) is 50.3 Å². The van der Waals surface area contributed by atoms with Crippen LogP contribution >= 0.6 is 0 Å². The molecule has 8 heteroatoms. The fraction of sp³-hybridized carbons (Fsp3) is 0.462. The highest BCUT2D eigenvalue weighted by molar-refractivity contribution is 6.27. The molecule has 2 aromatic rings. The predicted molar refractivity (Wildman–Crippen MR) is 131 cm³/mol. The van der Waals surface area contributed by atoms with Crippen molar-refractivity contribution < 1.29 is 24.5 Å². The van der Waals surface area contributed by atoms with Gasteiger partial charge in [0.05, 0.1) is 6.61 Å². The molecule has 0 spiro atoms. The number of carboxylic acid groups (broad SMARTS) is 2. The fourth-order valence-corrected chi connectivity index (χ4v) is 4.54. The first-order chi connectivity index (χ1) is 16.5. The van der Waals surface area contributed by atoms with E-state index >= 15 is 0 Å². The van der Waals surface area contributed by atoms with Gasteiger partial charge in [0.2, 0.25) is 0 Å². The van der Waals surface area contributed by atoms with Crippen molar-refractivity contribution in [2.75, 3.05) is 50.8 Å². The number of para-hydroxylation sites is 1. The zero-order valence-electron chi connectivity index (χ0n) is 19.8. The third kappa shape index (κ3) is 7.74. The van der Waals surface area contributed by atoms with Crippen molar-refractivity contribution in [1.82, 2.24) is 9.80 Å². The Morgan fingerprint density at radius 1 is 0.853 bits per heavy atom. The van der Waals surface area contributed by atoms with E-state index in [0.717, 1.165) is 38.0 Å². The van der Waals surface area contributed by atoms with E-state index in [2.05, 4.69) is 69.3 Å². The number of rotatable bonds is 6. The number of anilines is 1. The summed E-state index contributed by atoms with van der Waals surface area (Å²) in [5, 5.41) is 14.8. The van der Waals surface area contributed by atoms with E-state index in [0.29, 0.717) is 0 Å². The molecular weight excluding hydrogens is 434 g/mol. The number of nitrogens with zero attached hydrogens (tertiary/aromatic N) is 3. The van der Waals surface area contributed by atoms with Gasteiger partial charge in [-0.1, -0.05) is 30.3 Å². The molecule has 0 aliphatic carbocycles. The normalized spacial score (nSPS) is 17.5. The zero-order chi connectivity index (χ0) is 24.3. The predicted octanol–water partition coefficient (Wildman–Crippen LogP) is 3.03. The first-order valence-corrected chi connectivity index (χ1v) is 11.9. The number of benzene rings is 2. The Bertz CT molecular complexity index is 878. The van der Waals surface area contributed by atoms with Gasteiger partial charge >= 0.3 is 11.9 Å². The number of carboxylic acids is 2. The highest BCUT2D eigenvalue weighted by Crippen LogP contribution is 2.22. The minimum absolute atomic E-state index is 0.729. The van der Waals surface area contributed by atoms with Crippen molar-refractivity contribution in [3.05, 3.63) is 60.2 Å². The first kappa shape index (κ1) is 25.5. The lowest BCUT2D eigenvalue weighted by Crippen LogP contribution is -2.53. The van der Waals surface area contributed by atoms with Crippen LogP contribution in [-0.2, 0) is 16.1 Å². The van der Waals surface area contributed by atoms with Crippen molar-refractivity contribution in [1.29, 1.82) is 0 Å². The summed E-state index contributed by atoms with van der Waals surface area (Å²) < 4.78 is 5.55. The maximum absolute atomic E-state index is 9.10. The molecule has 2 heterocycles. The van der Waals surface area contributed by atoms with Crippen LogP contribution in [0.15, 0.2) is 54.6 Å². The van der Waals surface area contributed by atoms with Crippen molar-refractivity contribution >= 4 is 17.6 Å². The molecule has 0 amide bonds. The van der Waals surface area contributed by atoms with Gasteiger partial charge in [-0.2, -0.15) is 0 Å². The van der Waals surface area contributed by atoms with E-state index < -0.39 is 11.9 Å². The lowest BCUT2D eigenvalue weighted by atomic mass is 10.0. The minimum Gasteiger partial charge on any atom is -0.494 e. The molecule has 2 aromatic carbocycles. The number of piperidine rings is 1. The van der Waals surface area contributed by atoms with Gasteiger partial charge in [0, 0.05) is 44.5 Å². The topological polar surface area (TPSA) is 93.5 Å². The summed E-state index contributed by atoms with van der Waals surface area (Å²) in [6.45, 7) is 10.9. The highest BCUT2D eigenvalue weighted by Gasteiger charge is 2.27. The summed E-state index contributed by atoms with van der Waals surface area (Å²) in [7, 11) is 0. The van der Waals surface area contributed by atoms with Gasteiger partial charge in [0.25, 0.3) is 0 Å². The second-order valence-corrected chi connectivity index (χ2v) is 8.55. The van der Waals surface area contributed by atoms with Gasteiger partial charge in [-0.15, -0.1) is 0 Å². The lowest BCUT2D eigenvalue weighted by Gasteiger charge is -2.43. The van der Waals surface area contributed by atoms with E-state index in [1.807, 2.05) is 6.92 Å². The first-order valence-electron chi connectivity index (χ1n) is 11.9. The second-order valence-electron chi connectivity index (χ2n) is 8.55. The largest absolute Gasteiger partial charge is 0.494 e. The molecule has 0 saturated carbocycles. The number of hydrogen-bond donors (Lipinski definition) is 2. The number of aliphatic carboxylic acids is 2. The number of ether oxygens (including phenoxy) is 1. The van der Waals surface area contributed by atoms with Crippen LogP contribution in [0.4, 0.5) is 5.69 Å². The van der Waals surface area contributed by atoms with Gasteiger partial charge < -0.3 is 19.8 Å². The smallest absolute Gasteiger partial charge is 0.414 e. The summed E-state index contributed by atoms with van der Waals surface area (Å²) in [6, 6.07) is 20.2. The van der Waals surface area contributed by atoms with Crippen LogP contribution in [0.2, 0.25) is 0 Å². The van der Waals surface area contributed by atoms with Crippen LogP contribution in [0.3, 0.4) is 0 Å². The van der Waals surface area contributed by atoms with E-state index in [9.17, 15) is 0 Å². The summed E-state index contributed by atoms with van der Waals surface area (Å²) >= 11 is 0. The number of likely N-dealkylation sites (tertiary alicyclic amines) is 1. The third-order valence-corrected chi connectivity index (χ3v) is 6.33. The van der Waals surface area contributed by atoms with Crippen LogP contribution in [-0.4, -0.2) is 83.9 Å². The molecule has 184 valence electrons. The second kappa shape index (κ2) is 13.0. The standard InChI is InChI=1S/C24H33N3O.C2H2O4/c1-2-28-24-10-8-21(9-11-24)20-25-14-12-23(13-15-25)27-18-16-26(17-19-27)22-6-4-3-5-7-22;3-1(4)2(5)6/h3-11,23H,2,12-20H2,1H3;(H,3,4)(H,5,6). The van der Waals surface area contributed by atoms with Crippen LogP contribution in [0.25, 0.3) is 0 Å². The van der Waals surface area contributed by atoms with Gasteiger partial charge in [-0.25, -0.2) is 9.59 Å². The van der Waals surface area contributed by atoms with Crippen LogP contribution in [0.1, 0.15) is 25.3 Å².